The fourth-order valence-corrected chi connectivity index (χ4v) is 2.75. The van der Waals surface area contributed by atoms with Crippen molar-refractivity contribution in [3.05, 3.63) is 100 Å². The van der Waals surface area contributed by atoms with Crippen molar-refractivity contribution in [2.45, 2.75) is 26.4 Å². The molecule has 120 valence electrons. The van der Waals surface area contributed by atoms with Gasteiger partial charge in [-0.25, -0.2) is 4.79 Å². The SMILES string of the molecule is CC(C)=C=CC1=C(Cc2ccccc2)C(=O)OC1c1ccccc1. The fraction of sp³-hybridized carbons (Fsp3) is 0.182. The molecule has 0 N–H and O–H groups in total. The van der Waals surface area contributed by atoms with Crippen molar-refractivity contribution >= 4 is 5.97 Å². The van der Waals surface area contributed by atoms with Gasteiger partial charge in [0, 0.05) is 17.6 Å². The number of carbonyl (C=O) groups is 1. The molecule has 0 spiro atoms. The molecule has 0 radical (unpaired) electrons. The summed E-state index contributed by atoms with van der Waals surface area (Å²) >= 11 is 0. The van der Waals surface area contributed by atoms with E-state index in [1.165, 1.54) is 0 Å². The first kappa shape index (κ1) is 16.0. The van der Waals surface area contributed by atoms with E-state index in [2.05, 4.69) is 5.73 Å². The minimum atomic E-state index is -0.357. The Labute approximate surface area is 142 Å². The van der Waals surface area contributed by atoms with Crippen LogP contribution in [0.4, 0.5) is 0 Å². The normalized spacial score (nSPS) is 16.6. The Balaban J connectivity index is 2.06. The summed E-state index contributed by atoms with van der Waals surface area (Å²) in [5.41, 5.74) is 7.98. The van der Waals surface area contributed by atoms with Crippen LogP contribution in [0.25, 0.3) is 0 Å². The van der Waals surface area contributed by atoms with Gasteiger partial charge in [-0.15, -0.1) is 5.73 Å². The van der Waals surface area contributed by atoms with Gasteiger partial charge in [0.25, 0.3) is 0 Å². The van der Waals surface area contributed by atoms with Crippen molar-refractivity contribution in [3.8, 4) is 0 Å². The van der Waals surface area contributed by atoms with Crippen LogP contribution in [0.15, 0.2) is 89.2 Å². The highest BCUT2D eigenvalue weighted by molar-refractivity contribution is 5.93. The topological polar surface area (TPSA) is 26.3 Å². The van der Waals surface area contributed by atoms with Crippen molar-refractivity contribution in [3.63, 3.8) is 0 Å². The van der Waals surface area contributed by atoms with Crippen LogP contribution in [-0.4, -0.2) is 5.97 Å². The van der Waals surface area contributed by atoms with E-state index >= 15 is 0 Å². The van der Waals surface area contributed by atoms with E-state index in [-0.39, 0.29) is 12.1 Å². The Morgan fingerprint density at radius 1 is 1.04 bits per heavy atom. The maximum atomic E-state index is 12.5. The van der Waals surface area contributed by atoms with Gasteiger partial charge in [-0.05, 0) is 36.6 Å². The number of carbonyl (C=O) groups excluding carboxylic acids is 1. The fourth-order valence-electron chi connectivity index (χ4n) is 2.75. The number of cyclic esters (lactones) is 1. The van der Waals surface area contributed by atoms with Gasteiger partial charge in [-0.2, -0.15) is 0 Å². The van der Waals surface area contributed by atoms with E-state index in [4.69, 9.17) is 4.74 Å². The standard InChI is InChI=1S/C22H20O2/c1-16(2)13-14-19-20(15-17-9-5-3-6-10-17)22(23)24-21(19)18-11-7-4-8-12-18/h3-12,14,21H,15H2,1-2H3. The maximum absolute atomic E-state index is 12.5. The summed E-state index contributed by atoms with van der Waals surface area (Å²) in [5, 5.41) is 0. The number of esters is 1. The third-order valence-corrected chi connectivity index (χ3v) is 3.94. The second kappa shape index (κ2) is 7.16. The molecule has 2 aromatic carbocycles. The Hall–Kier alpha value is -2.83. The molecule has 0 aromatic heterocycles. The zero-order valence-electron chi connectivity index (χ0n) is 14.0. The van der Waals surface area contributed by atoms with Crippen LogP contribution in [0.1, 0.15) is 31.1 Å². The Bertz CT molecular complexity index is 819. The molecule has 0 aliphatic carbocycles. The average molecular weight is 316 g/mol. The Morgan fingerprint density at radius 2 is 1.67 bits per heavy atom. The monoisotopic (exact) mass is 316 g/mol. The first-order valence-corrected chi connectivity index (χ1v) is 8.08. The zero-order valence-corrected chi connectivity index (χ0v) is 14.0. The molecular formula is C22H20O2. The molecule has 2 nitrogen and oxygen atoms in total. The molecular weight excluding hydrogens is 296 g/mol. The van der Waals surface area contributed by atoms with Gasteiger partial charge >= 0.3 is 5.97 Å². The van der Waals surface area contributed by atoms with E-state index < -0.39 is 0 Å². The van der Waals surface area contributed by atoms with Gasteiger partial charge in [0.1, 0.15) is 0 Å². The van der Waals surface area contributed by atoms with Crippen molar-refractivity contribution in [2.75, 3.05) is 0 Å². The van der Waals surface area contributed by atoms with Crippen molar-refractivity contribution in [1.29, 1.82) is 0 Å². The van der Waals surface area contributed by atoms with Crippen LogP contribution >= 0.6 is 0 Å². The summed E-state index contributed by atoms with van der Waals surface area (Å²) in [6, 6.07) is 19.8. The maximum Gasteiger partial charge on any atom is 0.335 e. The number of hydrogen-bond acceptors (Lipinski definition) is 2. The minimum absolute atomic E-state index is 0.241. The Morgan fingerprint density at radius 3 is 2.29 bits per heavy atom. The molecule has 1 aliphatic heterocycles. The lowest BCUT2D eigenvalue weighted by molar-refractivity contribution is -0.140. The molecule has 1 heterocycles. The van der Waals surface area contributed by atoms with E-state index in [9.17, 15) is 4.79 Å². The number of benzene rings is 2. The molecule has 1 aliphatic rings. The van der Waals surface area contributed by atoms with Gasteiger partial charge in [-0.3, -0.25) is 0 Å². The van der Waals surface area contributed by atoms with Crippen LogP contribution < -0.4 is 0 Å². The average Bonchev–Trinajstić information content (AvgIpc) is 2.91. The minimum Gasteiger partial charge on any atom is -0.449 e. The smallest absolute Gasteiger partial charge is 0.335 e. The van der Waals surface area contributed by atoms with E-state index in [1.807, 2.05) is 80.6 Å². The predicted octanol–water partition coefficient (Wildman–Crippen LogP) is 4.95. The van der Waals surface area contributed by atoms with Gasteiger partial charge in [0.2, 0.25) is 0 Å². The first-order chi connectivity index (χ1) is 11.6. The summed E-state index contributed by atoms with van der Waals surface area (Å²) in [5.74, 6) is -0.241. The van der Waals surface area contributed by atoms with E-state index in [0.717, 1.165) is 22.3 Å². The highest BCUT2D eigenvalue weighted by Crippen LogP contribution is 2.37. The van der Waals surface area contributed by atoms with Crippen LogP contribution in [0.5, 0.6) is 0 Å². The van der Waals surface area contributed by atoms with Crippen LogP contribution in [0.2, 0.25) is 0 Å². The summed E-state index contributed by atoms with van der Waals surface area (Å²) in [6.07, 6.45) is 2.11. The third kappa shape index (κ3) is 3.56. The quantitative estimate of drug-likeness (QED) is 0.589. The number of hydrogen-bond donors (Lipinski definition) is 0. The van der Waals surface area contributed by atoms with Crippen molar-refractivity contribution < 1.29 is 9.53 Å². The molecule has 0 saturated carbocycles. The first-order valence-electron chi connectivity index (χ1n) is 8.08. The lowest BCUT2D eigenvalue weighted by Crippen LogP contribution is -2.04. The molecule has 0 fully saturated rings. The lowest BCUT2D eigenvalue weighted by Gasteiger charge is -2.11. The summed E-state index contributed by atoms with van der Waals surface area (Å²) in [7, 11) is 0. The summed E-state index contributed by atoms with van der Waals surface area (Å²) in [6.45, 7) is 3.98. The third-order valence-electron chi connectivity index (χ3n) is 3.94. The second-order valence-corrected chi connectivity index (χ2v) is 6.08. The molecule has 0 amide bonds. The predicted molar refractivity (Wildman–Crippen MR) is 95.4 cm³/mol. The largest absolute Gasteiger partial charge is 0.449 e. The van der Waals surface area contributed by atoms with E-state index in [1.54, 1.807) is 0 Å². The van der Waals surface area contributed by atoms with Gasteiger partial charge in [0.05, 0.1) is 0 Å². The summed E-state index contributed by atoms with van der Waals surface area (Å²) < 4.78 is 5.68. The molecule has 2 heteroatoms. The number of ether oxygens (including phenoxy) is 1. The lowest BCUT2D eigenvalue weighted by atomic mass is 9.95. The van der Waals surface area contributed by atoms with Gasteiger partial charge in [-0.1, -0.05) is 60.7 Å². The van der Waals surface area contributed by atoms with E-state index in [0.29, 0.717) is 12.0 Å². The molecule has 0 bridgehead atoms. The molecule has 3 rings (SSSR count). The van der Waals surface area contributed by atoms with Crippen LogP contribution in [-0.2, 0) is 16.0 Å². The zero-order chi connectivity index (χ0) is 16.9. The van der Waals surface area contributed by atoms with Crippen molar-refractivity contribution in [1.82, 2.24) is 0 Å². The molecule has 1 atom stereocenters. The molecule has 1 unspecified atom stereocenters. The van der Waals surface area contributed by atoms with Gasteiger partial charge < -0.3 is 4.74 Å². The molecule has 0 saturated heterocycles. The Kier molecular flexibility index (Phi) is 4.79. The molecule has 2 aromatic rings. The van der Waals surface area contributed by atoms with Gasteiger partial charge in [0.15, 0.2) is 6.10 Å². The molecule has 24 heavy (non-hydrogen) atoms. The van der Waals surface area contributed by atoms with Crippen LogP contribution in [0, 0.1) is 0 Å². The highest BCUT2D eigenvalue weighted by Gasteiger charge is 2.33. The van der Waals surface area contributed by atoms with Crippen LogP contribution in [0.3, 0.4) is 0 Å². The second-order valence-electron chi connectivity index (χ2n) is 6.08. The highest BCUT2D eigenvalue weighted by atomic mass is 16.5. The van der Waals surface area contributed by atoms with Crippen molar-refractivity contribution in [2.24, 2.45) is 0 Å². The summed E-state index contributed by atoms with van der Waals surface area (Å²) in [4.78, 5) is 12.5. The number of rotatable bonds is 4.